The van der Waals surface area contributed by atoms with Crippen molar-refractivity contribution in [1.29, 1.82) is 0 Å². The van der Waals surface area contributed by atoms with Crippen LogP contribution in [0, 0.1) is 12.8 Å². The number of rotatable bonds is 7. The number of nitrogens with one attached hydrogen (secondary N) is 1. The highest BCUT2D eigenvalue weighted by atomic mass is 16.5. The van der Waals surface area contributed by atoms with E-state index in [-0.39, 0.29) is 24.2 Å². The van der Waals surface area contributed by atoms with Gasteiger partial charge >= 0.3 is 0 Å². The molecule has 0 spiro atoms. The topological polar surface area (TPSA) is 76.5 Å². The third-order valence-electron chi connectivity index (χ3n) is 4.57. The van der Waals surface area contributed by atoms with Gasteiger partial charge in [-0.2, -0.15) is 0 Å². The molecule has 0 bridgehead atoms. The minimum Gasteiger partial charge on any atom is -0.495 e. The Morgan fingerprint density at radius 1 is 1.42 bits per heavy atom. The third kappa shape index (κ3) is 4.04. The van der Waals surface area contributed by atoms with Crippen molar-refractivity contribution < 1.29 is 14.3 Å². The van der Waals surface area contributed by atoms with Gasteiger partial charge in [0.15, 0.2) is 0 Å². The van der Waals surface area contributed by atoms with Gasteiger partial charge in [-0.25, -0.2) is 4.98 Å². The molecule has 0 saturated carbocycles. The molecule has 1 N–H and O–H groups in total. The van der Waals surface area contributed by atoms with E-state index < -0.39 is 0 Å². The normalized spacial score (nSPS) is 16.8. The first-order valence-electron chi connectivity index (χ1n) is 8.77. The van der Waals surface area contributed by atoms with E-state index in [2.05, 4.69) is 10.3 Å². The summed E-state index contributed by atoms with van der Waals surface area (Å²) in [4.78, 5) is 30.5. The second-order valence-corrected chi connectivity index (χ2v) is 6.53. The second-order valence-electron chi connectivity index (χ2n) is 6.53. The molecule has 2 heterocycles. The first-order chi connectivity index (χ1) is 12.6. The fourth-order valence-corrected chi connectivity index (χ4v) is 3.16. The van der Waals surface area contributed by atoms with Crippen LogP contribution in [0.5, 0.6) is 5.75 Å². The molecule has 26 heavy (non-hydrogen) atoms. The van der Waals surface area contributed by atoms with Gasteiger partial charge in [0.2, 0.25) is 11.8 Å². The van der Waals surface area contributed by atoms with Crippen molar-refractivity contribution in [3.63, 3.8) is 0 Å². The maximum atomic E-state index is 12.4. The van der Waals surface area contributed by atoms with Gasteiger partial charge in [-0.3, -0.25) is 9.59 Å². The fraction of sp³-hybridized carbons (Fsp3) is 0.421. The van der Waals surface area contributed by atoms with E-state index >= 15 is 0 Å². The van der Waals surface area contributed by atoms with E-state index in [1.54, 1.807) is 24.5 Å². The average molecular weight is 356 g/mol. The molecule has 0 aliphatic carbocycles. The third-order valence-corrected chi connectivity index (χ3v) is 4.57. The minimum atomic E-state index is -0.332. The predicted molar refractivity (Wildman–Crippen MR) is 98.0 cm³/mol. The number of ether oxygens (including phenoxy) is 1. The van der Waals surface area contributed by atoms with Gasteiger partial charge in [0.05, 0.1) is 25.0 Å². The molecule has 1 saturated heterocycles. The van der Waals surface area contributed by atoms with Gasteiger partial charge in [0.1, 0.15) is 5.75 Å². The summed E-state index contributed by atoms with van der Waals surface area (Å²) in [7, 11) is 1.58. The van der Waals surface area contributed by atoms with Crippen LogP contribution in [0.4, 0.5) is 5.69 Å². The number of carbonyl (C=O) groups is 2. The maximum Gasteiger partial charge on any atom is 0.227 e. The average Bonchev–Trinajstić information content (AvgIpc) is 3.28. The van der Waals surface area contributed by atoms with Crippen LogP contribution < -0.4 is 15.0 Å². The number of anilines is 1. The van der Waals surface area contributed by atoms with Crippen molar-refractivity contribution in [2.24, 2.45) is 5.92 Å². The molecule has 1 atom stereocenters. The molecule has 1 aromatic carbocycles. The SMILES string of the molecule is COc1ccc(C)cc1N1CC(C(=O)NCCCn2ccnc2)CC1=O. The lowest BCUT2D eigenvalue weighted by Crippen LogP contribution is -2.33. The molecule has 1 fully saturated rings. The van der Waals surface area contributed by atoms with Gasteiger partial charge in [-0.1, -0.05) is 6.07 Å². The van der Waals surface area contributed by atoms with Gasteiger partial charge in [-0.15, -0.1) is 0 Å². The Bertz CT molecular complexity index is 773. The molecule has 7 nitrogen and oxygen atoms in total. The Hall–Kier alpha value is -2.83. The summed E-state index contributed by atoms with van der Waals surface area (Å²) in [6.07, 6.45) is 6.43. The quantitative estimate of drug-likeness (QED) is 0.767. The summed E-state index contributed by atoms with van der Waals surface area (Å²) >= 11 is 0. The molecule has 1 unspecified atom stereocenters. The molecule has 1 aliphatic heterocycles. The lowest BCUT2D eigenvalue weighted by atomic mass is 10.1. The number of amides is 2. The number of benzene rings is 1. The van der Waals surface area contributed by atoms with Crippen molar-refractivity contribution >= 4 is 17.5 Å². The number of hydrogen-bond acceptors (Lipinski definition) is 4. The molecule has 7 heteroatoms. The molecule has 3 rings (SSSR count). The zero-order valence-corrected chi connectivity index (χ0v) is 15.1. The van der Waals surface area contributed by atoms with Crippen LogP contribution in [-0.4, -0.2) is 41.6 Å². The molecule has 1 aromatic heterocycles. The van der Waals surface area contributed by atoms with Crippen molar-refractivity contribution in [2.45, 2.75) is 26.3 Å². The molecule has 1 aliphatic rings. The molecule has 2 aromatic rings. The lowest BCUT2D eigenvalue weighted by Gasteiger charge is -2.20. The summed E-state index contributed by atoms with van der Waals surface area (Å²) in [6, 6.07) is 5.71. The number of nitrogens with zero attached hydrogens (tertiary/aromatic N) is 3. The van der Waals surface area contributed by atoms with Crippen LogP contribution in [0.15, 0.2) is 36.9 Å². The Labute approximate surface area is 153 Å². The highest BCUT2D eigenvalue weighted by molar-refractivity contribution is 6.01. The van der Waals surface area contributed by atoms with Crippen LogP contribution >= 0.6 is 0 Å². The van der Waals surface area contributed by atoms with Gasteiger partial charge in [-0.05, 0) is 31.0 Å². The first kappa shape index (κ1) is 18.0. The largest absolute Gasteiger partial charge is 0.495 e. The fourth-order valence-electron chi connectivity index (χ4n) is 3.16. The number of aromatic nitrogens is 2. The first-order valence-corrected chi connectivity index (χ1v) is 8.77. The Balaban J connectivity index is 1.55. The van der Waals surface area contributed by atoms with Gasteiger partial charge in [0.25, 0.3) is 0 Å². The Morgan fingerprint density at radius 3 is 3.00 bits per heavy atom. The second kappa shape index (κ2) is 8.03. The van der Waals surface area contributed by atoms with Gasteiger partial charge < -0.3 is 19.5 Å². The molecular weight excluding hydrogens is 332 g/mol. The van der Waals surface area contributed by atoms with E-state index in [1.807, 2.05) is 35.9 Å². The summed E-state index contributed by atoms with van der Waals surface area (Å²) in [5.41, 5.74) is 1.77. The van der Waals surface area contributed by atoms with Crippen molar-refractivity contribution in [2.75, 3.05) is 25.1 Å². The summed E-state index contributed by atoms with van der Waals surface area (Å²) in [5, 5.41) is 2.94. The number of carbonyl (C=O) groups excluding carboxylic acids is 2. The molecular formula is C19H24N4O3. The Morgan fingerprint density at radius 2 is 2.27 bits per heavy atom. The smallest absolute Gasteiger partial charge is 0.227 e. The van der Waals surface area contributed by atoms with Crippen LogP contribution in [0.3, 0.4) is 0 Å². The minimum absolute atomic E-state index is 0.0486. The van der Waals surface area contributed by atoms with Gasteiger partial charge in [0, 0.05) is 38.4 Å². The standard InChI is InChI=1S/C19H24N4O3/c1-14-4-5-17(26-2)16(10-14)23-12-15(11-18(23)24)19(25)21-6-3-8-22-9-7-20-13-22/h4-5,7,9-10,13,15H,3,6,8,11-12H2,1-2H3,(H,21,25). The number of imidazole rings is 1. The molecule has 0 radical (unpaired) electrons. The number of aryl methyl sites for hydroxylation is 2. The monoisotopic (exact) mass is 356 g/mol. The van der Waals surface area contributed by atoms with Crippen molar-refractivity contribution in [3.8, 4) is 5.75 Å². The highest BCUT2D eigenvalue weighted by Gasteiger charge is 2.36. The lowest BCUT2D eigenvalue weighted by molar-refractivity contribution is -0.126. The zero-order valence-electron chi connectivity index (χ0n) is 15.1. The van der Waals surface area contributed by atoms with Crippen LogP contribution in [-0.2, 0) is 16.1 Å². The Kier molecular flexibility index (Phi) is 5.55. The van der Waals surface area contributed by atoms with Crippen LogP contribution in [0.25, 0.3) is 0 Å². The van der Waals surface area contributed by atoms with Crippen LogP contribution in [0.1, 0.15) is 18.4 Å². The summed E-state index contributed by atoms with van der Waals surface area (Å²) < 4.78 is 7.34. The van der Waals surface area contributed by atoms with Crippen molar-refractivity contribution in [1.82, 2.24) is 14.9 Å². The predicted octanol–water partition coefficient (Wildman–Crippen LogP) is 1.76. The highest BCUT2D eigenvalue weighted by Crippen LogP contribution is 2.33. The van der Waals surface area contributed by atoms with E-state index in [0.29, 0.717) is 18.8 Å². The summed E-state index contributed by atoms with van der Waals surface area (Å²) in [6.45, 7) is 3.73. The maximum absolute atomic E-state index is 12.4. The molecule has 138 valence electrons. The van der Waals surface area contributed by atoms with E-state index in [1.165, 1.54) is 0 Å². The van der Waals surface area contributed by atoms with Crippen LogP contribution in [0.2, 0.25) is 0 Å². The van der Waals surface area contributed by atoms with Crippen molar-refractivity contribution in [3.05, 3.63) is 42.5 Å². The van der Waals surface area contributed by atoms with E-state index in [0.717, 1.165) is 24.2 Å². The zero-order chi connectivity index (χ0) is 18.5. The van der Waals surface area contributed by atoms with E-state index in [4.69, 9.17) is 4.74 Å². The molecule has 2 amide bonds. The summed E-state index contributed by atoms with van der Waals surface area (Å²) in [5.74, 6) is 0.192. The number of methoxy groups -OCH3 is 1. The van der Waals surface area contributed by atoms with E-state index in [9.17, 15) is 9.59 Å². The number of hydrogen-bond donors (Lipinski definition) is 1.